The second kappa shape index (κ2) is 5.97. The molecule has 0 radical (unpaired) electrons. The van der Waals surface area contributed by atoms with Crippen LogP contribution in [-0.2, 0) is 10.0 Å². The second-order valence-corrected chi connectivity index (χ2v) is 5.63. The molecular formula is C12H18N2O3S. The Morgan fingerprint density at radius 3 is 2.06 bits per heavy atom. The van der Waals surface area contributed by atoms with E-state index in [2.05, 4.69) is 5.32 Å². The van der Waals surface area contributed by atoms with Gasteiger partial charge in [0.2, 0.25) is 10.0 Å². The molecule has 5 nitrogen and oxygen atoms in total. The third kappa shape index (κ3) is 2.88. The summed E-state index contributed by atoms with van der Waals surface area (Å²) in [4.78, 5) is 11.6. The Balaban J connectivity index is 3.08. The van der Waals surface area contributed by atoms with Gasteiger partial charge in [-0.2, -0.15) is 4.31 Å². The van der Waals surface area contributed by atoms with Crippen LogP contribution in [0.15, 0.2) is 29.2 Å². The van der Waals surface area contributed by atoms with Gasteiger partial charge < -0.3 is 5.32 Å². The van der Waals surface area contributed by atoms with E-state index < -0.39 is 10.0 Å². The molecule has 0 aliphatic rings. The number of nitrogens with zero attached hydrogens (tertiary/aromatic N) is 1. The minimum absolute atomic E-state index is 0.207. The summed E-state index contributed by atoms with van der Waals surface area (Å²) in [7, 11) is -1.92. The molecule has 0 saturated carbocycles. The Hall–Kier alpha value is -1.40. The van der Waals surface area contributed by atoms with Crippen LogP contribution in [0.25, 0.3) is 0 Å². The van der Waals surface area contributed by atoms with Gasteiger partial charge in [0.25, 0.3) is 5.91 Å². The summed E-state index contributed by atoms with van der Waals surface area (Å²) in [5.41, 5.74) is 0.441. The van der Waals surface area contributed by atoms with E-state index >= 15 is 0 Å². The molecule has 0 bridgehead atoms. The molecule has 0 fully saturated rings. The summed E-state index contributed by atoms with van der Waals surface area (Å²) in [6.07, 6.45) is 0. The zero-order valence-corrected chi connectivity index (χ0v) is 11.6. The van der Waals surface area contributed by atoms with Gasteiger partial charge in [-0.05, 0) is 24.3 Å². The van der Waals surface area contributed by atoms with Crippen LogP contribution in [0.2, 0.25) is 0 Å². The van der Waals surface area contributed by atoms with Crippen LogP contribution in [0, 0.1) is 0 Å². The first kappa shape index (κ1) is 14.7. The minimum atomic E-state index is -3.45. The van der Waals surface area contributed by atoms with Gasteiger partial charge in [-0.25, -0.2) is 8.42 Å². The van der Waals surface area contributed by atoms with Gasteiger partial charge in [-0.3, -0.25) is 4.79 Å². The second-order valence-electron chi connectivity index (χ2n) is 3.69. The van der Waals surface area contributed by atoms with Crippen molar-refractivity contribution in [3.05, 3.63) is 29.8 Å². The minimum Gasteiger partial charge on any atom is -0.355 e. The van der Waals surface area contributed by atoms with E-state index in [0.717, 1.165) is 0 Å². The van der Waals surface area contributed by atoms with Crippen molar-refractivity contribution in [2.24, 2.45) is 0 Å². The highest BCUT2D eigenvalue weighted by molar-refractivity contribution is 7.89. The van der Waals surface area contributed by atoms with Crippen LogP contribution in [0.4, 0.5) is 0 Å². The Kier molecular flexibility index (Phi) is 4.86. The number of carbonyl (C=O) groups excluding carboxylic acids is 1. The highest BCUT2D eigenvalue weighted by Crippen LogP contribution is 2.16. The van der Waals surface area contributed by atoms with E-state index in [9.17, 15) is 13.2 Å². The zero-order chi connectivity index (χ0) is 13.8. The van der Waals surface area contributed by atoms with E-state index in [1.54, 1.807) is 13.8 Å². The van der Waals surface area contributed by atoms with E-state index in [4.69, 9.17) is 0 Å². The van der Waals surface area contributed by atoms with Crippen molar-refractivity contribution in [3.63, 3.8) is 0 Å². The van der Waals surface area contributed by atoms with Crippen LogP contribution in [0.5, 0.6) is 0 Å². The van der Waals surface area contributed by atoms with E-state index in [0.29, 0.717) is 18.7 Å². The van der Waals surface area contributed by atoms with Gasteiger partial charge >= 0.3 is 0 Å². The zero-order valence-electron chi connectivity index (χ0n) is 10.8. The van der Waals surface area contributed by atoms with Crippen LogP contribution in [0.3, 0.4) is 0 Å². The number of hydrogen-bond donors (Lipinski definition) is 1. The van der Waals surface area contributed by atoms with Gasteiger partial charge in [0, 0.05) is 25.7 Å². The summed E-state index contributed by atoms with van der Waals surface area (Å²) in [6, 6.07) is 5.93. The number of carbonyl (C=O) groups is 1. The van der Waals surface area contributed by atoms with E-state index in [1.807, 2.05) is 0 Å². The topological polar surface area (TPSA) is 66.5 Å². The Morgan fingerprint density at radius 1 is 1.17 bits per heavy atom. The molecule has 0 atom stereocenters. The van der Waals surface area contributed by atoms with Crippen LogP contribution < -0.4 is 5.32 Å². The monoisotopic (exact) mass is 270 g/mol. The molecule has 0 aromatic heterocycles. The SMILES string of the molecule is CCN(CC)S(=O)(=O)c1ccc(C(=O)NC)cc1. The van der Waals surface area contributed by atoms with Crippen LogP contribution >= 0.6 is 0 Å². The first-order valence-corrected chi connectivity index (χ1v) is 7.23. The molecular weight excluding hydrogens is 252 g/mol. The van der Waals surface area contributed by atoms with E-state index in [1.165, 1.54) is 35.6 Å². The fourth-order valence-corrected chi connectivity index (χ4v) is 3.09. The van der Waals surface area contributed by atoms with E-state index in [-0.39, 0.29) is 10.8 Å². The molecule has 18 heavy (non-hydrogen) atoms. The molecule has 0 aliphatic heterocycles. The quantitative estimate of drug-likeness (QED) is 0.870. The number of nitrogens with one attached hydrogen (secondary N) is 1. The van der Waals surface area contributed by atoms with Gasteiger partial charge in [0.1, 0.15) is 0 Å². The predicted octanol–water partition coefficient (Wildman–Crippen LogP) is 1.08. The Bertz CT molecular complexity index is 505. The summed E-state index contributed by atoms with van der Waals surface area (Å²) < 4.78 is 25.7. The largest absolute Gasteiger partial charge is 0.355 e. The number of hydrogen-bond acceptors (Lipinski definition) is 3. The van der Waals surface area contributed by atoms with Crippen molar-refractivity contribution < 1.29 is 13.2 Å². The van der Waals surface area contributed by atoms with Crippen molar-refractivity contribution in [3.8, 4) is 0 Å². The maximum atomic E-state index is 12.2. The summed E-state index contributed by atoms with van der Waals surface area (Å²) in [6.45, 7) is 4.44. The normalized spacial score (nSPS) is 11.6. The molecule has 100 valence electrons. The van der Waals surface area contributed by atoms with Crippen molar-refractivity contribution in [2.45, 2.75) is 18.7 Å². The molecule has 0 unspecified atom stereocenters. The summed E-state index contributed by atoms with van der Waals surface area (Å²) in [5.74, 6) is -0.234. The molecule has 0 aliphatic carbocycles. The van der Waals surface area contributed by atoms with Gasteiger partial charge in [0.15, 0.2) is 0 Å². The molecule has 1 amide bonds. The fraction of sp³-hybridized carbons (Fsp3) is 0.417. The van der Waals surface area contributed by atoms with Gasteiger partial charge in [-0.15, -0.1) is 0 Å². The maximum Gasteiger partial charge on any atom is 0.251 e. The smallest absolute Gasteiger partial charge is 0.251 e. The third-order valence-corrected chi connectivity index (χ3v) is 4.75. The molecule has 6 heteroatoms. The lowest BCUT2D eigenvalue weighted by Crippen LogP contribution is -2.30. The number of rotatable bonds is 5. The highest BCUT2D eigenvalue weighted by Gasteiger charge is 2.21. The summed E-state index contributed by atoms with van der Waals surface area (Å²) in [5, 5.41) is 2.49. The molecule has 1 rings (SSSR count). The highest BCUT2D eigenvalue weighted by atomic mass is 32.2. The van der Waals surface area contributed by atoms with Crippen LogP contribution in [0.1, 0.15) is 24.2 Å². The molecule has 1 aromatic rings. The third-order valence-electron chi connectivity index (χ3n) is 2.69. The van der Waals surface area contributed by atoms with Crippen molar-refractivity contribution in [2.75, 3.05) is 20.1 Å². The lowest BCUT2D eigenvalue weighted by molar-refractivity contribution is 0.0963. The number of amides is 1. The fourth-order valence-electron chi connectivity index (χ4n) is 1.64. The number of benzene rings is 1. The van der Waals surface area contributed by atoms with Crippen molar-refractivity contribution in [1.29, 1.82) is 0 Å². The first-order chi connectivity index (χ1) is 8.47. The van der Waals surface area contributed by atoms with Gasteiger partial charge in [-0.1, -0.05) is 13.8 Å². The number of sulfonamides is 1. The first-order valence-electron chi connectivity index (χ1n) is 5.79. The van der Waals surface area contributed by atoms with Gasteiger partial charge in [0.05, 0.1) is 4.90 Å². The molecule has 0 spiro atoms. The molecule has 1 N–H and O–H groups in total. The standard InChI is InChI=1S/C12H18N2O3S/c1-4-14(5-2)18(16,17)11-8-6-10(7-9-11)12(15)13-3/h6-9H,4-5H2,1-3H3,(H,13,15). The molecule has 1 aromatic carbocycles. The van der Waals surface area contributed by atoms with Crippen molar-refractivity contribution >= 4 is 15.9 Å². The van der Waals surface area contributed by atoms with Crippen LogP contribution in [-0.4, -0.2) is 38.8 Å². The lowest BCUT2D eigenvalue weighted by atomic mass is 10.2. The van der Waals surface area contributed by atoms with Crippen molar-refractivity contribution in [1.82, 2.24) is 9.62 Å². The predicted molar refractivity (Wildman–Crippen MR) is 69.9 cm³/mol. The average molecular weight is 270 g/mol. The average Bonchev–Trinajstić information content (AvgIpc) is 2.39. The summed E-state index contributed by atoms with van der Waals surface area (Å²) >= 11 is 0. The Morgan fingerprint density at radius 2 is 1.67 bits per heavy atom. The maximum absolute atomic E-state index is 12.2. The molecule has 0 heterocycles. The lowest BCUT2D eigenvalue weighted by Gasteiger charge is -2.18. The molecule has 0 saturated heterocycles. The Labute approximate surface area is 108 Å².